The number of thioether (sulfide) groups is 1. The molecule has 3 heteroatoms. The number of nitrogens with zero attached hydrogens (tertiary/aromatic N) is 2. The molecule has 0 bridgehead atoms. The highest BCUT2D eigenvalue weighted by Crippen LogP contribution is 2.16. The number of aliphatic imine (C=N–C) groups is 1. The van der Waals surface area contributed by atoms with Crippen LogP contribution < -0.4 is 0 Å². The lowest BCUT2D eigenvalue weighted by molar-refractivity contribution is 0.413. The van der Waals surface area contributed by atoms with Gasteiger partial charge in [0.15, 0.2) is 5.17 Å². The predicted octanol–water partition coefficient (Wildman–Crippen LogP) is 5.65. The SMILES string of the molecule is CSC(=NCCc1ccccc1)N(Cc1ccccc1)Cc1ccccc1. The van der Waals surface area contributed by atoms with Crippen molar-refractivity contribution in [3.8, 4) is 0 Å². The average Bonchev–Trinajstić information content (AvgIpc) is 2.73. The maximum absolute atomic E-state index is 4.94. The molecule has 3 aromatic carbocycles. The van der Waals surface area contributed by atoms with Crippen molar-refractivity contribution in [3.63, 3.8) is 0 Å². The van der Waals surface area contributed by atoms with Gasteiger partial charge in [-0.15, -0.1) is 0 Å². The summed E-state index contributed by atoms with van der Waals surface area (Å²) in [5.74, 6) is 0. The second kappa shape index (κ2) is 10.6. The molecule has 0 spiro atoms. The van der Waals surface area contributed by atoms with Gasteiger partial charge in [-0.3, -0.25) is 4.99 Å². The fraction of sp³-hybridized carbons (Fsp3) is 0.208. The Balaban J connectivity index is 1.74. The molecule has 0 saturated carbocycles. The first-order chi connectivity index (χ1) is 13.3. The largest absolute Gasteiger partial charge is 0.343 e. The average molecular weight is 375 g/mol. The molecule has 0 heterocycles. The first-order valence-electron chi connectivity index (χ1n) is 9.30. The van der Waals surface area contributed by atoms with Gasteiger partial charge in [-0.25, -0.2) is 0 Å². The number of hydrogen-bond donors (Lipinski definition) is 0. The van der Waals surface area contributed by atoms with E-state index < -0.39 is 0 Å². The monoisotopic (exact) mass is 374 g/mol. The molecule has 0 fully saturated rings. The lowest BCUT2D eigenvalue weighted by Crippen LogP contribution is -2.28. The highest BCUT2D eigenvalue weighted by molar-refractivity contribution is 8.13. The third-order valence-electron chi connectivity index (χ3n) is 4.38. The minimum atomic E-state index is 0.806. The van der Waals surface area contributed by atoms with E-state index in [9.17, 15) is 0 Å². The summed E-state index contributed by atoms with van der Waals surface area (Å²) in [5.41, 5.74) is 3.94. The van der Waals surface area contributed by atoms with Crippen molar-refractivity contribution in [1.82, 2.24) is 4.90 Å². The Morgan fingerprint density at radius 1 is 0.704 bits per heavy atom. The topological polar surface area (TPSA) is 15.6 Å². The molecule has 2 nitrogen and oxygen atoms in total. The van der Waals surface area contributed by atoms with E-state index in [2.05, 4.69) is 102 Å². The lowest BCUT2D eigenvalue weighted by atomic mass is 10.1. The summed E-state index contributed by atoms with van der Waals surface area (Å²) < 4.78 is 0. The Morgan fingerprint density at radius 3 is 1.59 bits per heavy atom. The van der Waals surface area contributed by atoms with Gasteiger partial charge < -0.3 is 4.90 Å². The Kier molecular flexibility index (Phi) is 7.55. The minimum Gasteiger partial charge on any atom is -0.343 e. The second-order valence-electron chi connectivity index (χ2n) is 6.43. The van der Waals surface area contributed by atoms with Crippen molar-refractivity contribution in [2.45, 2.75) is 19.5 Å². The first kappa shape index (κ1) is 19.2. The van der Waals surface area contributed by atoms with Crippen LogP contribution in [0.5, 0.6) is 0 Å². The summed E-state index contributed by atoms with van der Waals surface area (Å²) >= 11 is 1.73. The van der Waals surface area contributed by atoms with E-state index in [4.69, 9.17) is 4.99 Å². The van der Waals surface area contributed by atoms with Crippen molar-refractivity contribution in [1.29, 1.82) is 0 Å². The van der Waals surface area contributed by atoms with Gasteiger partial charge in [0.05, 0.1) is 0 Å². The van der Waals surface area contributed by atoms with Crippen molar-refractivity contribution in [3.05, 3.63) is 108 Å². The fourth-order valence-electron chi connectivity index (χ4n) is 3.02. The van der Waals surface area contributed by atoms with Crippen LogP contribution in [0.2, 0.25) is 0 Å². The van der Waals surface area contributed by atoms with Crippen molar-refractivity contribution in [2.75, 3.05) is 12.8 Å². The van der Waals surface area contributed by atoms with Crippen LogP contribution in [-0.4, -0.2) is 22.9 Å². The van der Waals surface area contributed by atoms with Crippen LogP contribution in [0.4, 0.5) is 0 Å². The molecule has 138 valence electrons. The van der Waals surface area contributed by atoms with Gasteiger partial charge in [0, 0.05) is 19.6 Å². The lowest BCUT2D eigenvalue weighted by Gasteiger charge is -2.25. The van der Waals surface area contributed by atoms with Gasteiger partial charge in [-0.1, -0.05) is 103 Å². The standard InChI is InChI=1S/C24H26N2S/c1-27-24(25-18-17-21-11-5-2-6-12-21)26(19-22-13-7-3-8-14-22)20-23-15-9-4-10-16-23/h2-16H,17-20H2,1H3. The molecule has 27 heavy (non-hydrogen) atoms. The minimum absolute atomic E-state index is 0.806. The molecule has 0 aromatic heterocycles. The van der Waals surface area contributed by atoms with E-state index in [1.807, 2.05) is 0 Å². The zero-order valence-corrected chi connectivity index (χ0v) is 16.6. The second-order valence-corrected chi connectivity index (χ2v) is 7.20. The summed E-state index contributed by atoms with van der Waals surface area (Å²) in [5, 5.41) is 1.10. The van der Waals surface area contributed by atoms with Gasteiger partial charge in [-0.05, 0) is 29.4 Å². The molecule has 0 radical (unpaired) electrons. The van der Waals surface area contributed by atoms with Crippen LogP contribution in [0.15, 0.2) is 96.0 Å². The Labute approximate surface area is 167 Å². The fourth-order valence-corrected chi connectivity index (χ4v) is 3.63. The van der Waals surface area contributed by atoms with Gasteiger partial charge in [0.2, 0.25) is 0 Å². The zero-order chi connectivity index (χ0) is 18.7. The van der Waals surface area contributed by atoms with E-state index in [1.165, 1.54) is 16.7 Å². The van der Waals surface area contributed by atoms with E-state index in [0.717, 1.165) is 31.2 Å². The van der Waals surface area contributed by atoms with Crippen LogP contribution in [-0.2, 0) is 19.5 Å². The van der Waals surface area contributed by atoms with Crippen LogP contribution in [0, 0.1) is 0 Å². The molecule has 0 N–H and O–H groups in total. The van der Waals surface area contributed by atoms with Gasteiger partial charge >= 0.3 is 0 Å². The summed E-state index contributed by atoms with van der Waals surface area (Å²) in [6, 6.07) is 31.8. The van der Waals surface area contributed by atoms with Crippen LogP contribution >= 0.6 is 11.8 Å². The molecule has 0 aliphatic heterocycles. The van der Waals surface area contributed by atoms with E-state index >= 15 is 0 Å². The van der Waals surface area contributed by atoms with Crippen molar-refractivity contribution >= 4 is 16.9 Å². The van der Waals surface area contributed by atoms with Crippen LogP contribution in [0.25, 0.3) is 0 Å². The van der Waals surface area contributed by atoms with Crippen molar-refractivity contribution < 1.29 is 0 Å². The smallest absolute Gasteiger partial charge is 0.159 e. The first-order valence-corrected chi connectivity index (χ1v) is 10.5. The maximum atomic E-state index is 4.94. The molecular weight excluding hydrogens is 348 g/mol. The molecule has 0 aliphatic carbocycles. The van der Waals surface area contributed by atoms with E-state index in [-0.39, 0.29) is 0 Å². The maximum Gasteiger partial charge on any atom is 0.159 e. The van der Waals surface area contributed by atoms with Crippen molar-refractivity contribution in [2.24, 2.45) is 4.99 Å². The molecule has 0 unspecified atom stereocenters. The number of benzene rings is 3. The number of amidine groups is 1. The summed E-state index contributed by atoms with van der Waals surface area (Å²) in [7, 11) is 0. The van der Waals surface area contributed by atoms with E-state index in [1.54, 1.807) is 11.8 Å². The van der Waals surface area contributed by atoms with Gasteiger partial charge in [0.25, 0.3) is 0 Å². The Hall–Kier alpha value is -2.52. The molecule has 3 aromatic rings. The zero-order valence-electron chi connectivity index (χ0n) is 15.8. The van der Waals surface area contributed by atoms with Gasteiger partial charge in [-0.2, -0.15) is 0 Å². The van der Waals surface area contributed by atoms with E-state index in [0.29, 0.717) is 0 Å². The predicted molar refractivity (Wildman–Crippen MR) is 118 cm³/mol. The van der Waals surface area contributed by atoms with Crippen LogP contribution in [0.1, 0.15) is 16.7 Å². The number of rotatable bonds is 7. The number of hydrogen-bond acceptors (Lipinski definition) is 2. The molecule has 3 rings (SSSR count). The normalized spacial score (nSPS) is 11.4. The third-order valence-corrected chi connectivity index (χ3v) is 5.13. The summed E-state index contributed by atoms with van der Waals surface area (Å²) in [4.78, 5) is 7.31. The van der Waals surface area contributed by atoms with Crippen LogP contribution in [0.3, 0.4) is 0 Å². The molecule has 0 amide bonds. The third kappa shape index (κ3) is 6.30. The summed E-state index contributed by atoms with van der Waals surface area (Å²) in [6.07, 6.45) is 3.08. The molecule has 0 aliphatic rings. The highest BCUT2D eigenvalue weighted by Gasteiger charge is 2.12. The van der Waals surface area contributed by atoms with Gasteiger partial charge in [0.1, 0.15) is 0 Å². The molecule has 0 saturated heterocycles. The highest BCUT2D eigenvalue weighted by atomic mass is 32.2. The Morgan fingerprint density at radius 2 is 1.15 bits per heavy atom. The summed E-state index contributed by atoms with van der Waals surface area (Å²) in [6.45, 7) is 2.53. The Bertz CT molecular complexity index is 775. The molecule has 0 atom stereocenters. The quantitative estimate of drug-likeness (QED) is 0.392. The molecular formula is C24H26N2S.